The van der Waals surface area contributed by atoms with E-state index in [0.29, 0.717) is 11.3 Å². The Bertz CT molecular complexity index is 451. The van der Waals surface area contributed by atoms with Gasteiger partial charge >= 0.3 is 5.97 Å². The van der Waals surface area contributed by atoms with Gasteiger partial charge in [-0.2, -0.15) is 5.26 Å². The summed E-state index contributed by atoms with van der Waals surface area (Å²) < 4.78 is 10.7. The summed E-state index contributed by atoms with van der Waals surface area (Å²) in [7, 11) is 1.51. The zero-order valence-electron chi connectivity index (χ0n) is 8.91. The monoisotopic (exact) mass is 331 g/mol. The molecule has 1 aromatic rings. The fourth-order valence-corrected chi connectivity index (χ4v) is 1.87. The third-order valence-electron chi connectivity index (χ3n) is 1.91. The lowest BCUT2D eigenvalue weighted by Crippen LogP contribution is -2.08. The molecule has 0 fully saturated rings. The van der Waals surface area contributed by atoms with Crippen LogP contribution in [-0.4, -0.2) is 19.7 Å². The summed E-state index contributed by atoms with van der Waals surface area (Å²) in [5.74, 6) is 0.0522. The average Bonchev–Trinajstić information content (AvgIpc) is 2.28. The number of carbonyl (C=O) groups is 1. The predicted octanol–water partition coefficient (Wildman–Crippen LogP) is 2.35. The van der Waals surface area contributed by atoms with Gasteiger partial charge in [0.1, 0.15) is 11.8 Å². The lowest BCUT2D eigenvalue weighted by molar-refractivity contribution is 0.0525. The highest BCUT2D eigenvalue weighted by atomic mass is 127. The molecule has 1 rings (SSSR count). The van der Waals surface area contributed by atoms with E-state index in [1.807, 2.05) is 28.7 Å². The minimum atomic E-state index is -0.506. The molecule has 16 heavy (non-hydrogen) atoms. The molecular weight excluding hydrogens is 321 g/mol. The van der Waals surface area contributed by atoms with Crippen molar-refractivity contribution in [2.24, 2.45) is 0 Å². The van der Waals surface area contributed by atoms with Crippen molar-refractivity contribution in [3.05, 3.63) is 26.8 Å². The lowest BCUT2D eigenvalue weighted by Gasteiger charge is -2.08. The number of esters is 1. The van der Waals surface area contributed by atoms with Crippen molar-refractivity contribution in [3.63, 3.8) is 0 Å². The van der Waals surface area contributed by atoms with E-state index >= 15 is 0 Å². The fraction of sp³-hybridized carbons (Fsp3) is 0.273. The summed E-state index contributed by atoms with van der Waals surface area (Å²) in [4.78, 5) is 11.6. The van der Waals surface area contributed by atoms with E-state index in [9.17, 15) is 4.79 Å². The Hall–Kier alpha value is -1.29. The summed E-state index contributed by atoms with van der Waals surface area (Å²) in [5.41, 5.74) is 0.533. The number of rotatable bonds is 3. The Morgan fingerprint density at radius 3 is 2.75 bits per heavy atom. The van der Waals surface area contributed by atoms with Crippen molar-refractivity contribution in [2.45, 2.75) is 6.92 Å². The molecule has 0 saturated heterocycles. The van der Waals surface area contributed by atoms with Gasteiger partial charge in [0.05, 0.1) is 28.4 Å². The molecular formula is C11H10INO3. The van der Waals surface area contributed by atoms with Crippen LogP contribution in [-0.2, 0) is 4.74 Å². The topological polar surface area (TPSA) is 59.3 Å². The van der Waals surface area contributed by atoms with E-state index in [1.54, 1.807) is 13.0 Å². The van der Waals surface area contributed by atoms with Crippen LogP contribution < -0.4 is 4.74 Å². The van der Waals surface area contributed by atoms with Gasteiger partial charge in [0.2, 0.25) is 0 Å². The van der Waals surface area contributed by atoms with Crippen molar-refractivity contribution in [1.82, 2.24) is 0 Å². The standard InChI is InChI=1S/C11H10INO3/c1-3-16-11(14)8-5-10(15-2)9(12)4-7(8)6-13/h4-5H,3H2,1-2H3. The largest absolute Gasteiger partial charge is 0.496 e. The molecule has 1 aromatic carbocycles. The molecule has 0 amide bonds. The van der Waals surface area contributed by atoms with Crippen LogP contribution in [0.25, 0.3) is 0 Å². The van der Waals surface area contributed by atoms with Gasteiger partial charge in [0.25, 0.3) is 0 Å². The number of nitrogens with zero attached hydrogens (tertiary/aromatic N) is 1. The minimum absolute atomic E-state index is 0.238. The molecule has 0 N–H and O–H groups in total. The first-order valence-electron chi connectivity index (χ1n) is 4.58. The van der Waals surface area contributed by atoms with E-state index in [0.717, 1.165) is 3.57 Å². The van der Waals surface area contributed by atoms with Gasteiger partial charge in [-0.05, 0) is 41.6 Å². The van der Waals surface area contributed by atoms with Gasteiger partial charge < -0.3 is 9.47 Å². The predicted molar refractivity (Wildman–Crippen MR) is 66.4 cm³/mol. The van der Waals surface area contributed by atoms with Gasteiger partial charge in [-0.25, -0.2) is 4.79 Å². The quantitative estimate of drug-likeness (QED) is 0.630. The Labute approximate surface area is 107 Å². The van der Waals surface area contributed by atoms with E-state index in [-0.39, 0.29) is 12.2 Å². The molecule has 0 heterocycles. The van der Waals surface area contributed by atoms with Gasteiger partial charge in [-0.1, -0.05) is 0 Å². The molecule has 0 aliphatic heterocycles. The SMILES string of the molecule is CCOC(=O)c1cc(OC)c(I)cc1C#N. The minimum Gasteiger partial charge on any atom is -0.496 e. The molecule has 0 bridgehead atoms. The third kappa shape index (κ3) is 2.64. The van der Waals surface area contributed by atoms with Crippen molar-refractivity contribution in [1.29, 1.82) is 5.26 Å². The number of hydrogen-bond donors (Lipinski definition) is 0. The summed E-state index contributed by atoms with van der Waals surface area (Å²) >= 11 is 2.04. The van der Waals surface area contributed by atoms with Crippen molar-refractivity contribution in [2.75, 3.05) is 13.7 Å². The number of benzene rings is 1. The second-order valence-electron chi connectivity index (χ2n) is 2.86. The molecule has 0 aliphatic rings. The second kappa shape index (κ2) is 5.70. The van der Waals surface area contributed by atoms with Crippen LogP contribution in [0.15, 0.2) is 12.1 Å². The van der Waals surface area contributed by atoms with Crippen LogP contribution in [0.3, 0.4) is 0 Å². The van der Waals surface area contributed by atoms with E-state index < -0.39 is 5.97 Å². The van der Waals surface area contributed by atoms with Crippen LogP contribution in [0.1, 0.15) is 22.8 Å². The van der Waals surface area contributed by atoms with Gasteiger partial charge in [-0.15, -0.1) is 0 Å². The maximum Gasteiger partial charge on any atom is 0.339 e. The number of ether oxygens (including phenoxy) is 2. The van der Waals surface area contributed by atoms with Gasteiger partial charge in [-0.3, -0.25) is 0 Å². The Balaban J connectivity index is 3.26. The smallest absolute Gasteiger partial charge is 0.339 e. The molecule has 0 saturated carbocycles. The van der Waals surface area contributed by atoms with E-state index in [2.05, 4.69) is 0 Å². The molecule has 4 nitrogen and oxygen atoms in total. The summed E-state index contributed by atoms with van der Waals surface area (Å²) in [6.07, 6.45) is 0. The van der Waals surface area contributed by atoms with Crippen LogP contribution >= 0.6 is 22.6 Å². The van der Waals surface area contributed by atoms with Crippen LogP contribution in [0, 0.1) is 14.9 Å². The number of hydrogen-bond acceptors (Lipinski definition) is 4. The van der Waals surface area contributed by atoms with Gasteiger partial charge in [0.15, 0.2) is 0 Å². The number of carbonyl (C=O) groups excluding carboxylic acids is 1. The molecule has 0 radical (unpaired) electrons. The van der Waals surface area contributed by atoms with Crippen LogP contribution in [0.2, 0.25) is 0 Å². The van der Waals surface area contributed by atoms with E-state index in [4.69, 9.17) is 14.7 Å². The fourth-order valence-electron chi connectivity index (χ4n) is 1.18. The molecule has 84 valence electrons. The highest BCUT2D eigenvalue weighted by Crippen LogP contribution is 2.25. The molecule has 0 atom stereocenters. The first kappa shape index (κ1) is 12.8. The van der Waals surface area contributed by atoms with Crippen LogP contribution in [0.5, 0.6) is 5.75 Å². The molecule has 0 aromatic heterocycles. The molecule has 0 aliphatic carbocycles. The maximum atomic E-state index is 11.6. The first-order valence-corrected chi connectivity index (χ1v) is 5.66. The maximum absolute atomic E-state index is 11.6. The van der Waals surface area contributed by atoms with Gasteiger partial charge in [0, 0.05) is 0 Å². The molecule has 0 spiro atoms. The molecule has 0 unspecified atom stereocenters. The molecule has 5 heteroatoms. The summed E-state index contributed by atoms with van der Waals surface area (Å²) in [6.45, 7) is 1.99. The third-order valence-corrected chi connectivity index (χ3v) is 2.75. The number of halogens is 1. The zero-order valence-corrected chi connectivity index (χ0v) is 11.1. The Morgan fingerprint density at radius 1 is 1.56 bits per heavy atom. The lowest BCUT2D eigenvalue weighted by atomic mass is 10.1. The average molecular weight is 331 g/mol. The normalized spacial score (nSPS) is 9.38. The van der Waals surface area contributed by atoms with Crippen molar-refractivity contribution < 1.29 is 14.3 Å². The second-order valence-corrected chi connectivity index (χ2v) is 4.03. The summed E-state index contributed by atoms with van der Waals surface area (Å²) in [6, 6.07) is 5.09. The van der Waals surface area contributed by atoms with E-state index in [1.165, 1.54) is 13.2 Å². The van der Waals surface area contributed by atoms with Crippen LogP contribution in [0.4, 0.5) is 0 Å². The first-order chi connectivity index (χ1) is 7.63. The Kier molecular flexibility index (Phi) is 4.55. The van der Waals surface area contributed by atoms with Crippen molar-refractivity contribution in [3.8, 4) is 11.8 Å². The number of methoxy groups -OCH3 is 1. The highest BCUT2D eigenvalue weighted by Gasteiger charge is 2.16. The highest BCUT2D eigenvalue weighted by molar-refractivity contribution is 14.1. The zero-order chi connectivity index (χ0) is 12.1. The summed E-state index contributed by atoms with van der Waals surface area (Å²) in [5, 5.41) is 8.92. The number of nitriles is 1. The van der Waals surface area contributed by atoms with Crippen molar-refractivity contribution >= 4 is 28.6 Å². The Morgan fingerprint density at radius 2 is 2.25 bits per heavy atom.